The van der Waals surface area contributed by atoms with E-state index in [4.69, 9.17) is 16.3 Å². The first-order chi connectivity index (χ1) is 14.5. The lowest BCUT2D eigenvalue weighted by molar-refractivity contribution is -0.134. The van der Waals surface area contributed by atoms with Crippen molar-refractivity contribution in [1.82, 2.24) is 24.3 Å². The van der Waals surface area contributed by atoms with Crippen molar-refractivity contribution in [2.75, 3.05) is 39.3 Å². The predicted molar refractivity (Wildman–Crippen MR) is 117 cm³/mol. The standard InChI is InChI=1S/C22H30ClN5O2/c1-3-19-14-27(13-17-4-5-18(23)12-20(17)30-19)16-22(29)28-10-8-26(9-11-28)15-21-24-6-7-25(21)2/h4-7,12,19H,3,8-11,13-16H2,1-2H3. The van der Waals surface area contributed by atoms with Crippen molar-refractivity contribution in [1.29, 1.82) is 0 Å². The van der Waals surface area contributed by atoms with Gasteiger partial charge in [0.2, 0.25) is 5.91 Å². The molecule has 0 spiro atoms. The first-order valence-corrected chi connectivity index (χ1v) is 11.0. The minimum atomic E-state index is 0.0622. The van der Waals surface area contributed by atoms with Crippen LogP contribution in [0.25, 0.3) is 0 Å². The lowest BCUT2D eigenvalue weighted by atomic mass is 10.2. The van der Waals surface area contributed by atoms with Crippen molar-refractivity contribution < 1.29 is 9.53 Å². The molecule has 0 saturated carbocycles. The molecule has 1 saturated heterocycles. The number of nitrogens with zero attached hydrogens (tertiary/aromatic N) is 5. The highest BCUT2D eigenvalue weighted by Crippen LogP contribution is 2.29. The molecule has 0 radical (unpaired) electrons. The van der Waals surface area contributed by atoms with E-state index in [9.17, 15) is 4.79 Å². The normalized spacial score (nSPS) is 20.5. The Morgan fingerprint density at radius 3 is 2.73 bits per heavy atom. The molecule has 0 bridgehead atoms. The lowest BCUT2D eigenvalue weighted by Gasteiger charge is -2.35. The van der Waals surface area contributed by atoms with Gasteiger partial charge >= 0.3 is 0 Å². The second-order valence-electron chi connectivity index (χ2n) is 8.18. The molecule has 0 aliphatic carbocycles. The van der Waals surface area contributed by atoms with E-state index in [0.29, 0.717) is 18.1 Å². The first kappa shape index (κ1) is 21.2. The van der Waals surface area contributed by atoms with E-state index >= 15 is 0 Å². The fraction of sp³-hybridized carbons (Fsp3) is 0.545. The second kappa shape index (κ2) is 9.37. The Morgan fingerprint density at radius 2 is 2.03 bits per heavy atom. The van der Waals surface area contributed by atoms with Crippen LogP contribution in [0, 0.1) is 0 Å². The molecule has 1 aromatic heterocycles. The molecule has 1 fully saturated rings. The number of rotatable bonds is 5. The third-order valence-corrected chi connectivity index (χ3v) is 6.24. The molecule has 1 atom stereocenters. The Balaban J connectivity index is 1.33. The molecule has 0 N–H and O–H groups in total. The summed E-state index contributed by atoms with van der Waals surface area (Å²) in [5.41, 5.74) is 1.09. The molecule has 1 aromatic carbocycles. The van der Waals surface area contributed by atoms with E-state index in [0.717, 1.165) is 62.8 Å². The number of carbonyl (C=O) groups excluding carboxylic acids is 1. The average molecular weight is 432 g/mol. The number of hydrogen-bond acceptors (Lipinski definition) is 5. The van der Waals surface area contributed by atoms with Crippen LogP contribution >= 0.6 is 11.6 Å². The Labute approximate surface area is 183 Å². The Hall–Kier alpha value is -2.09. The molecule has 7 nitrogen and oxygen atoms in total. The summed E-state index contributed by atoms with van der Waals surface area (Å²) in [7, 11) is 2.02. The molecular weight excluding hydrogens is 402 g/mol. The topological polar surface area (TPSA) is 53.8 Å². The zero-order chi connectivity index (χ0) is 21.1. The van der Waals surface area contributed by atoms with Gasteiger partial charge in [0.05, 0.1) is 13.1 Å². The fourth-order valence-electron chi connectivity index (χ4n) is 4.11. The summed E-state index contributed by atoms with van der Waals surface area (Å²) in [5, 5.41) is 0.677. The van der Waals surface area contributed by atoms with Gasteiger partial charge in [-0.3, -0.25) is 14.6 Å². The van der Waals surface area contributed by atoms with Gasteiger partial charge in [0.25, 0.3) is 0 Å². The zero-order valence-electron chi connectivity index (χ0n) is 17.8. The highest BCUT2D eigenvalue weighted by molar-refractivity contribution is 6.30. The molecule has 2 aliphatic rings. The highest BCUT2D eigenvalue weighted by Gasteiger charge is 2.27. The fourth-order valence-corrected chi connectivity index (χ4v) is 4.27. The SMILES string of the molecule is CCC1CN(CC(=O)N2CCN(Cc3nccn3C)CC2)Cc2ccc(Cl)cc2O1. The van der Waals surface area contributed by atoms with Gasteiger partial charge < -0.3 is 14.2 Å². The highest BCUT2D eigenvalue weighted by atomic mass is 35.5. The summed E-state index contributed by atoms with van der Waals surface area (Å²) >= 11 is 6.14. The van der Waals surface area contributed by atoms with Crippen molar-refractivity contribution in [2.45, 2.75) is 32.5 Å². The van der Waals surface area contributed by atoms with Crippen LogP contribution in [0.3, 0.4) is 0 Å². The van der Waals surface area contributed by atoms with Crippen LogP contribution in [-0.2, 0) is 24.9 Å². The van der Waals surface area contributed by atoms with Crippen molar-refractivity contribution in [2.24, 2.45) is 7.05 Å². The maximum atomic E-state index is 13.0. The maximum absolute atomic E-state index is 13.0. The zero-order valence-corrected chi connectivity index (χ0v) is 18.5. The van der Waals surface area contributed by atoms with E-state index in [1.165, 1.54) is 0 Å². The molecule has 162 valence electrons. The molecule has 3 heterocycles. The van der Waals surface area contributed by atoms with Crippen molar-refractivity contribution in [3.63, 3.8) is 0 Å². The minimum absolute atomic E-state index is 0.0622. The number of ether oxygens (including phenoxy) is 1. The number of carbonyl (C=O) groups is 1. The van der Waals surface area contributed by atoms with Crippen LogP contribution in [0.15, 0.2) is 30.6 Å². The van der Waals surface area contributed by atoms with Gasteiger partial charge in [0.15, 0.2) is 0 Å². The largest absolute Gasteiger partial charge is 0.489 e. The van der Waals surface area contributed by atoms with E-state index < -0.39 is 0 Å². The minimum Gasteiger partial charge on any atom is -0.489 e. The van der Waals surface area contributed by atoms with Gasteiger partial charge in [-0.25, -0.2) is 4.98 Å². The lowest BCUT2D eigenvalue weighted by Crippen LogP contribution is -2.51. The summed E-state index contributed by atoms with van der Waals surface area (Å²) in [6.07, 6.45) is 4.75. The Morgan fingerprint density at radius 1 is 1.23 bits per heavy atom. The van der Waals surface area contributed by atoms with Crippen LogP contribution in [0.2, 0.25) is 5.02 Å². The van der Waals surface area contributed by atoms with E-state index in [2.05, 4.69) is 21.7 Å². The molecule has 4 rings (SSSR count). The number of fused-ring (bicyclic) bond motifs is 1. The van der Waals surface area contributed by atoms with Gasteiger partial charge in [-0.1, -0.05) is 24.6 Å². The van der Waals surface area contributed by atoms with E-state index in [-0.39, 0.29) is 12.0 Å². The molecular formula is C22H30ClN5O2. The summed E-state index contributed by atoms with van der Waals surface area (Å²) < 4.78 is 8.20. The monoisotopic (exact) mass is 431 g/mol. The summed E-state index contributed by atoms with van der Waals surface area (Å²) in [5.74, 6) is 2.09. The number of benzene rings is 1. The number of aromatic nitrogens is 2. The Bertz CT molecular complexity index is 878. The summed E-state index contributed by atoms with van der Waals surface area (Å²) in [6.45, 7) is 8.08. The third kappa shape index (κ3) is 4.96. The number of piperazine rings is 1. The molecule has 8 heteroatoms. The van der Waals surface area contributed by atoms with E-state index in [1.807, 2.05) is 47.1 Å². The van der Waals surface area contributed by atoms with Crippen LogP contribution in [0.5, 0.6) is 5.75 Å². The quantitative estimate of drug-likeness (QED) is 0.727. The van der Waals surface area contributed by atoms with Gasteiger partial charge in [0.1, 0.15) is 17.7 Å². The third-order valence-electron chi connectivity index (χ3n) is 6.00. The number of hydrogen-bond donors (Lipinski definition) is 0. The van der Waals surface area contributed by atoms with Gasteiger partial charge in [-0.2, -0.15) is 0 Å². The molecule has 1 unspecified atom stereocenters. The van der Waals surface area contributed by atoms with Crippen LogP contribution in [0.1, 0.15) is 24.7 Å². The van der Waals surface area contributed by atoms with Crippen LogP contribution in [0.4, 0.5) is 0 Å². The molecule has 2 aliphatic heterocycles. The predicted octanol–water partition coefficient (Wildman–Crippen LogP) is 2.39. The van der Waals surface area contributed by atoms with Crippen LogP contribution < -0.4 is 4.74 Å². The molecule has 2 aromatic rings. The average Bonchev–Trinajstić information content (AvgIpc) is 3.04. The first-order valence-electron chi connectivity index (χ1n) is 10.7. The number of amides is 1. The number of aryl methyl sites for hydroxylation is 1. The number of halogens is 1. The Kier molecular flexibility index (Phi) is 6.61. The van der Waals surface area contributed by atoms with E-state index in [1.54, 1.807) is 0 Å². The van der Waals surface area contributed by atoms with Gasteiger partial charge in [-0.05, 0) is 18.6 Å². The van der Waals surface area contributed by atoms with Crippen molar-refractivity contribution in [3.05, 3.63) is 47.0 Å². The van der Waals surface area contributed by atoms with Gasteiger partial charge in [0, 0.05) is 69.3 Å². The van der Waals surface area contributed by atoms with Gasteiger partial charge in [-0.15, -0.1) is 0 Å². The molecule has 30 heavy (non-hydrogen) atoms. The van der Waals surface area contributed by atoms with Crippen molar-refractivity contribution >= 4 is 17.5 Å². The summed E-state index contributed by atoms with van der Waals surface area (Å²) in [6, 6.07) is 5.77. The summed E-state index contributed by atoms with van der Waals surface area (Å²) in [4.78, 5) is 24.0. The number of imidazole rings is 1. The smallest absolute Gasteiger partial charge is 0.236 e. The second-order valence-corrected chi connectivity index (χ2v) is 8.62. The molecule has 1 amide bonds. The maximum Gasteiger partial charge on any atom is 0.236 e. The van der Waals surface area contributed by atoms with Crippen LogP contribution in [-0.4, -0.2) is 75.5 Å². The van der Waals surface area contributed by atoms with Crippen molar-refractivity contribution in [3.8, 4) is 5.75 Å².